The molecule has 0 rings (SSSR count). The van der Waals surface area contributed by atoms with Crippen molar-refractivity contribution in [2.45, 2.75) is 0 Å². The second kappa shape index (κ2) is 3.35. The van der Waals surface area contributed by atoms with Crippen LogP contribution in [-0.2, 0) is 20.0 Å². The first kappa shape index (κ1) is 10.3. The van der Waals surface area contributed by atoms with E-state index < -0.39 is 8.77 Å². The fourth-order valence-electron chi connectivity index (χ4n) is 0. The van der Waals surface area contributed by atoms with Crippen molar-refractivity contribution in [3.8, 4) is 0 Å². The van der Waals surface area contributed by atoms with E-state index >= 15 is 0 Å². The monoisotopic (exact) mass is 135 g/mol. The third-order valence-corrected chi connectivity index (χ3v) is 0. The topological polar surface area (TPSA) is 37.3 Å². The summed E-state index contributed by atoms with van der Waals surface area (Å²) in [6.45, 7) is 0. The van der Waals surface area contributed by atoms with Crippen LogP contribution in [0.15, 0.2) is 0 Å². The maximum Gasteiger partial charge on any atom is 1.00 e. The van der Waals surface area contributed by atoms with Crippen molar-refractivity contribution in [3.05, 3.63) is 0 Å². The van der Waals surface area contributed by atoms with Gasteiger partial charge in [-0.3, -0.25) is 0 Å². The SMILES string of the molecule is CS(=O)(O)=S.[Na+]. The van der Waals surface area contributed by atoms with Crippen molar-refractivity contribution in [3.63, 3.8) is 0 Å². The van der Waals surface area contributed by atoms with Gasteiger partial charge in [-0.1, -0.05) is 0 Å². The summed E-state index contributed by atoms with van der Waals surface area (Å²) >= 11 is 3.91. The van der Waals surface area contributed by atoms with E-state index in [4.69, 9.17) is 4.55 Å². The minimum atomic E-state index is -2.83. The maximum atomic E-state index is 9.56. The predicted molar refractivity (Wildman–Crippen MR) is 24.1 cm³/mol. The van der Waals surface area contributed by atoms with Crippen molar-refractivity contribution in [2.75, 3.05) is 6.26 Å². The average Bonchev–Trinajstić information content (AvgIpc) is 0.722. The predicted octanol–water partition coefficient (Wildman–Crippen LogP) is -3.16. The van der Waals surface area contributed by atoms with Crippen molar-refractivity contribution >= 4 is 20.0 Å². The minimum Gasteiger partial charge on any atom is -0.306 e. The number of hydrogen-bond donors (Lipinski definition) is 1. The third kappa shape index (κ3) is 56.5. The summed E-state index contributed by atoms with van der Waals surface area (Å²) in [7, 11) is -2.83. The van der Waals surface area contributed by atoms with Crippen LogP contribution in [0.3, 0.4) is 0 Å². The zero-order valence-electron chi connectivity index (χ0n) is 3.67. The second-order valence-corrected chi connectivity index (χ2v) is 4.05. The van der Waals surface area contributed by atoms with Gasteiger partial charge in [0, 0.05) is 17.4 Å². The zero-order chi connectivity index (χ0) is 4.50. The number of rotatable bonds is 0. The standard InChI is InChI=1S/CH4O2S2.Na/c1-5(2,3)4;/h1H3,(H,2,3,4);/q;+1. The Balaban J connectivity index is 0. The van der Waals surface area contributed by atoms with Gasteiger partial charge in [-0.05, 0) is 0 Å². The van der Waals surface area contributed by atoms with Gasteiger partial charge < -0.3 is 4.55 Å². The van der Waals surface area contributed by atoms with Crippen LogP contribution in [0.25, 0.3) is 0 Å². The van der Waals surface area contributed by atoms with Crippen LogP contribution in [0.5, 0.6) is 0 Å². The number of hydrogen-bond acceptors (Lipinski definition) is 2. The third-order valence-electron chi connectivity index (χ3n) is 0. The normalized spacial score (nSPS) is 17.7. The average molecular weight is 135 g/mol. The Hall–Kier alpha value is 1.33. The molecule has 0 bridgehead atoms. The molecule has 0 aromatic carbocycles. The molecule has 0 saturated heterocycles. The molecule has 0 radical (unpaired) electrons. The van der Waals surface area contributed by atoms with Crippen molar-refractivity contribution < 1.29 is 38.3 Å². The molecule has 0 fully saturated rings. The Morgan fingerprint density at radius 2 is 1.83 bits per heavy atom. The molecule has 0 spiro atoms. The van der Waals surface area contributed by atoms with Crippen LogP contribution in [-0.4, -0.2) is 15.0 Å². The molecular formula is CH4NaO2S2+. The Morgan fingerprint density at radius 1 is 1.83 bits per heavy atom. The van der Waals surface area contributed by atoms with Gasteiger partial charge in [-0.2, -0.15) is 0 Å². The van der Waals surface area contributed by atoms with Gasteiger partial charge in [-0.25, -0.2) is 4.21 Å². The molecule has 1 atom stereocenters. The van der Waals surface area contributed by atoms with Gasteiger partial charge in [0.15, 0.2) is 0 Å². The summed E-state index contributed by atoms with van der Waals surface area (Å²) in [6.07, 6.45) is 1.09. The van der Waals surface area contributed by atoms with Crippen LogP contribution in [0.1, 0.15) is 0 Å². The van der Waals surface area contributed by atoms with E-state index in [1.54, 1.807) is 0 Å². The zero-order valence-corrected chi connectivity index (χ0v) is 7.30. The summed E-state index contributed by atoms with van der Waals surface area (Å²) in [5.74, 6) is 0. The molecule has 2 nitrogen and oxygen atoms in total. The Bertz CT molecular complexity index is 94.7. The molecule has 32 valence electrons. The van der Waals surface area contributed by atoms with Crippen LogP contribution in [0.4, 0.5) is 0 Å². The molecular weight excluding hydrogens is 131 g/mol. The van der Waals surface area contributed by atoms with Crippen molar-refractivity contribution in [1.82, 2.24) is 0 Å². The smallest absolute Gasteiger partial charge is 0.306 e. The van der Waals surface area contributed by atoms with E-state index in [0.717, 1.165) is 6.26 Å². The summed E-state index contributed by atoms with van der Waals surface area (Å²) in [4.78, 5) is 0. The molecule has 1 N–H and O–H groups in total. The molecule has 0 heterocycles. The summed E-state index contributed by atoms with van der Waals surface area (Å²) < 4.78 is 17.4. The van der Waals surface area contributed by atoms with Gasteiger partial charge >= 0.3 is 29.6 Å². The van der Waals surface area contributed by atoms with Crippen molar-refractivity contribution in [1.29, 1.82) is 0 Å². The van der Waals surface area contributed by atoms with E-state index in [9.17, 15) is 4.21 Å². The fraction of sp³-hybridized carbons (Fsp3) is 1.00. The molecule has 0 aliphatic carbocycles. The summed E-state index contributed by atoms with van der Waals surface area (Å²) in [6, 6.07) is 0. The van der Waals surface area contributed by atoms with Gasteiger partial charge in [0.2, 0.25) is 0 Å². The summed E-state index contributed by atoms with van der Waals surface area (Å²) in [5, 5.41) is 0. The van der Waals surface area contributed by atoms with Crippen LogP contribution in [0, 0.1) is 0 Å². The molecule has 0 amide bonds. The second-order valence-electron chi connectivity index (χ2n) is 0.733. The fourth-order valence-corrected chi connectivity index (χ4v) is 0. The van der Waals surface area contributed by atoms with Gasteiger partial charge in [0.25, 0.3) is 0 Å². The van der Waals surface area contributed by atoms with E-state index in [0.29, 0.717) is 0 Å². The van der Waals surface area contributed by atoms with E-state index in [2.05, 4.69) is 11.2 Å². The first-order valence-corrected chi connectivity index (χ1v) is 3.77. The molecule has 1 unspecified atom stereocenters. The molecule has 0 aliphatic rings. The van der Waals surface area contributed by atoms with Crippen molar-refractivity contribution in [2.24, 2.45) is 0 Å². The van der Waals surface area contributed by atoms with E-state index in [-0.39, 0.29) is 29.6 Å². The van der Waals surface area contributed by atoms with Crippen LogP contribution in [0.2, 0.25) is 0 Å². The van der Waals surface area contributed by atoms with Crippen LogP contribution >= 0.6 is 0 Å². The van der Waals surface area contributed by atoms with Gasteiger partial charge in [0.05, 0.1) is 0 Å². The first-order chi connectivity index (χ1) is 2.00. The van der Waals surface area contributed by atoms with Gasteiger partial charge in [-0.15, -0.1) is 0 Å². The van der Waals surface area contributed by atoms with E-state index in [1.165, 1.54) is 0 Å². The summed E-state index contributed by atoms with van der Waals surface area (Å²) in [5.41, 5.74) is 0. The molecule has 5 heteroatoms. The minimum absolute atomic E-state index is 0. The molecule has 6 heavy (non-hydrogen) atoms. The molecule has 0 aliphatic heterocycles. The van der Waals surface area contributed by atoms with E-state index in [1.807, 2.05) is 0 Å². The Kier molecular flexibility index (Phi) is 5.77. The van der Waals surface area contributed by atoms with Crippen LogP contribution < -0.4 is 29.6 Å². The first-order valence-electron chi connectivity index (χ1n) is 0.924. The molecule has 0 saturated carbocycles. The Morgan fingerprint density at radius 3 is 1.83 bits per heavy atom. The molecule has 0 aromatic heterocycles. The Labute approximate surface area is 64.1 Å². The quantitative estimate of drug-likeness (QED) is 0.356. The van der Waals surface area contributed by atoms with Gasteiger partial charge in [0.1, 0.15) is 8.77 Å². The molecule has 0 aromatic rings. The maximum absolute atomic E-state index is 9.56. The largest absolute Gasteiger partial charge is 1.00 e.